The Morgan fingerprint density at radius 3 is 2.53 bits per heavy atom. The predicted molar refractivity (Wildman–Crippen MR) is 67.0 cm³/mol. The first-order valence-corrected chi connectivity index (χ1v) is 6.45. The van der Waals surface area contributed by atoms with E-state index in [1.165, 1.54) is 0 Å². The van der Waals surface area contributed by atoms with Crippen molar-refractivity contribution in [3.05, 3.63) is 0 Å². The Hall–Kier alpha value is -0.0700. The molecule has 2 heterocycles. The molecule has 0 radical (unpaired) electrons. The zero-order valence-electron chi connectivity index (χ0n) is 10.8. The smallest absolute Gasteiger partial charge is 0.186 e. The summed E-state index contributed by atoms with van der Waals surface area (Å²) >= 11 is 4.98. The van der Waals surface area contributed by atoms with E-state index in [2.05, 4.69) is 6.92 Å². The molecule has 2 aliphatic heterocycles. The maximum Gasteiger partial charge on any atom is 0.186 e. The molecule has 4 nitrogen and oxygen atoms in total. The van der Waals surface area contributed by atoms with E-state index < -0.39 is 11.4 Å². The number of ether oxygens (including phenoxy) is 4. The van der Waals surface area contributed by atoms with Crippen LogP contribution in [0.4, 0.5) is 0 Å². The maximum absolute atomic E-state index is 5.98. The number of hydrogen-bond acceptors (Lipinski definition) is 5. The van der Waals surface area contributed by atoms with Gasteiger partial charge in [-0.05, 0) is 25.6 Å². The molecule has 2 rings (SSSR count). The van der Waals surface area contributed by atoms with E-state index >= 15 is 0 Å². The quantitative estimate of drug-likeness (QED) is 0.723. The van der Waals surface area contributed by atoms with E-state index in [1.54, 1.807) is 12.5 Å². The zero-order chi connectivity index (χ0) is 12.7. The summed E-state index contributed by atoms with van der Waals surface area (Å²) in [6.45, 7) is 5.90. The van der Waals surface area contributed by atoms with Crippen molar-refractivity contribution in [2.45, 2.75) is 63.5 Å². The van der Waals surface area contributed by atoms with Crippen LogP contribution in [0.1, 0.15) is 33.6 Å². The van der Waals surface area contributed by atoms with Crippen LogP contribution in [-0.2, 0) is 18.9 Å². The van der Waals surface area contributed by atoms with Crippen molar-refractivity contribution in [3.63, 3.8) is 0 Å². The summed E-state index contributed by atoms with van der Waals surface area (Å²) < 4.78 is 23.2. The van der Waals surface area contributed by atoms with Crippen molar-refractivity contribution in [1.82, 2.24) is 0 Å². The molecule has 0 bridgehead atoms. The number of rotatable bonds is 4. The summed E-state index contributed by atoms with van der Waals surface area (Å²) in [6.07, 6.45) is 0.813. The van der Waals surface area contributed by atoms with Crippen molar-refractivity contribution in [1.29, 1.82) is 0 Å². The molecule has 0 aliphatic carbocycles. The van der Waals surface area contributed by atoms with Crippen LogP contribution in [0.3, 0.4) is 0 Å². The van der Waals surface area contributed by atoms with Gasteiger partial charge in [0.1, 0.15) is 17.8 Å². The maximum atomic E-state index is 5.98. The van der Waals surface area contributed by atoms with Gasteiger partial charge in [-0.25, -0.2) is 0 Å². The summed E-state index contributed by atoms with van der Waals surface area (Å²) in [6, 6.07) is 0. The van der Waals surface area contributed by atoms with Gasteiger partial charge >= 0.3 is 0 Å². The molecule has 0 aromatic rings. The third-order valence-corrected chi connectivity index (χ3v) is 3.69. The summed E-state index contributed by atoms with van der Waals surface area (Å²) in [5, 5.41) is 1.70. The Kier molecular flexibility index (Phi) is 3.58. The fourth-order valence-corrected chi connectivity index (χ4v) is 2.96. The monoisotopic (exact) mass is 260 g/mol. The lowest BCUT2D eigenvalue weighted by molar-refractivity contribution is -0.249. The van der Waals surface area contributed by atoms with Crippen LogP contribution in [0, 0.1) is 0 Å². The van der Waals surface area contributed by atoms with E-state index in [9.17, 15) is 0 Å². The normalized spacial score (nSPS) is 43.6. The van der Waals surface area contributed by atoms with Gasteiger partial charge in [0.25, 0.3) is 0 Å². The Morgan fingerprint density at radius 1 is 1.29 bits per heavy atom. The Morgan fingerprint density at radius 2 is 2.00 bits per heavy atom. The molecule has 2 aliphatic rings. The van der Waals surface area contributed by atoms with Gasteiger partial charge in [0.2, 0.25) is 0 Å². The minimum absolute atomic E-state index is 0.119. The minimum atomic E-state index is -0.586. The third-order valence-electron chi connectivity index (χ3n) is 3.53. The fourth-order valence-electron chi connectivity index (χ4n) is 2.68. The average Bonchev–Trinajstić information content (AvgIpc) is 2.73. The molecule has 2 saturated heterocycles. The molecule has 2 fully saturated rings. The van der Waals surface area contributed by atoms with Gasteiger partial charge in [-0.15, -0.1) is 0 Å². The van der Waals surface area contributed by atoms with Crippen LogP contribution in [0.25, 0.3) is 0 Å². The largest absolute Gasteiger partial charge is 0.353 e. The number of thiocarbonyl (C=S) groups is 1. The third kappa shape index (κ3) is 2.15. The Labute approximate surface area is 108 Å². The summed E-state index contributed by atoms with van der Waals surface area (Å²) in [4.78, 5) is 0. The molecule has 98 valence electrons. The Bertz CT molecular complexity index is 307. The lowest BCUT2D eigenvalue weighted by Gasteiger charge is -2.32. The molecule has 0 saturated carbocycles. The van der Waals surface area contributed by atoms with Crippen LogP contribution in [0.5, 0.6) is 0 Å². The molecule has 0 N–H and O–H groups in total. The number of hydrogen-bond donors (Lipinski definition) is 0. The zero-order valence-corrected chi connectivity index (χ0v) is 11.6. The highest BCUT2D eigenvalue weighted by Gasteiger charge is 2.61. The van der Waals surface area contributed by atoms with Gasteiger partial charge in [0.05, 0.1) is 0 Å². The fraction of sp³-hybridized carbons (Fsp3) is 0.917. The first kappa shape index (κ1) is 13.4. The molecule has 5 heteroatoms. The molecule has 0 amide bonds. The highest BCUT2D eigenvalue weighted by Crippen LogP contribution is 2.47. The number of methoxy groups -OCH3 is 1. The first-order valence-electron chi connectivity index (χ1n) is 5.98. The predicted octanol–water partition coefficient (Wildman–Crippen LogP) is 2.05. The van der Waals surface area contributed by atoms with Crippen molar-refractivity contribution >= 4 is 17.6 Å². The SMILES string of the molecule is CCC1(CC=S)OC(OC)C2OC(C)(C)OC21. The van der Waals surface area contributed by atoms with E-state index in [4.69, 9.17) is 31.2 Å². The van der Waals surface area contributed by atoms with E-state index in [0.717, 1.165) is 6.42 Å². The topological polar surface area (TPSA) is 36.9 Å². The van der Waals surface area contributed by atoms with Crippen LogP contribution in [0.2, 0.25) is 0 Å². The highest BCUT2D eigenvalue weighted by molar-refractivity contribution is 7.78. The average molecular weight is 260 g/mol. The second-order valence-corrected chi connectivity index (χ2v) is 5.37. The van der Waals surface area contributed by atoms with Crippen LogP contribution >= 0.6 is 12.2 Å². The molecule has 0 aromatic heterocycles. The van der Waals surface area contributed by atoms with Crippen LogP contribution in [-0.4, -0.2) is 42.4 Å². The highest BCUT2D eigenvalue weighted by atomic mass is 32.1. The first-order chi connectivity index (χ1) is 7.98. The van der Waals surface area contributed by atoms with Crippen molar-refractivity contribution < 1.29 is 18.9 Å². The van der Waals surface area contributed by atoms with Gasteiger partial charge in [0, 0.05) is 13.5 Å². The van der Waals surface area contributed by atoms with Gasteiger partial charge in [-0.3, -0.25) is 0 Å². The minimum Gasteiger partial charge on any atom is -0.353 e. The second kappa shape index (κ2) is 4.55. The standard InChI is InChI=1S/C12H20O4S/c1-5-12(6-7-17)9-8(10(13-4)16-12)14-11(2,3)15-9/h7-10H,5-6H2,1-4H3. The molecule has 4 unspecified atom stereocenters. The van der Waals surface area contributed by atoms with Crippen molar-refractivity contribution in [2.75, 3.05) is 7.11 Å². The molecular formula is C12H20O4S. The van der Waals surface area contributed by atoms with E-state index in [1.807, 2.05) is 13.8 Å². The van der Waals surface area contributed by atoms with E-state index in [0.29, 0.717) is 6.42 Å². The van der Waals surface area contributed by atoms with Gasteiger partial charge < -0.3 is 18.9 Å². The molecular weight excluding hydrogens is 240 g/mol. The molecule has 0 aromatic carbocycles. The summed E-state index contributed by atoms with van der Waals surface area (Å²) in [5.41, 5.74) is -0.416. The Balaban J connectivity index is 2.28. The van der Waals surface area contributed by atoms with E-state index in [-0.39, 0.29) is 18.5 Å². The van der Waals surface area contributed by atoms with Gasteiger partial charge in [-0.2, -0.15) is 0 Å². The molecule has 17 heavy (non-hydrogen) atoms. The van der Waals surface area contributed by atoms with Gasteiger partial charge in [0.15, 0.2) is 12.1 Å². The number of fused-ring (bicyclic) bond motifs is 1. The summed E-state index contributed by atoms with van der Waals surface area (Å²) in [5.74, 6) is -0.586. The lowest BCUT2D eigenvalue weighted by Crippen LogP contribution is -2.43. The van der Waals surface area contributed by atoms with Crippen molar-refractivity contribution in [2.24, 2.45) is 0 Å². The molecule has 4 atom stereocenters. The molecule has 0 spiro atoms. The van der Waals surface area contributed by atoms with Crippen LogP contribution < -0.4 is 0 Å². The second-order valence-electron chi connectivity index (χ2n) is 5.03. The lowest BCUT2D eigenvalue weighted by atomic mass is 9.90. The van der Waals surface area contributed by atoms with Crippen LogP contribution in [0.15, 0.2) is 0 Å². The van der Waals surface area contributed by atoms with Crippen molar-refractivity contribution in [3.8, 4) is 0 Å². The summed E-state index contributed by atoms with van der Waals surface area (Å²) in [7, 11) is 1.62. The van der Waals surface area contributed by atoms with Gasteiger partial charge in [-0.1, -0.05) is 19.1 Å².